The summed E-state index contributed by atoms with van der Waals surface area (Å²) in [6.45, 7) is 4.03. The van der Waals surface area contributed by atoms with Gasteiger partial charge in [-0.15, -0.1) is 0 Å². The Kier molecular flexibility index (Phi) is 12.9. The van der Waals surface area contributed by atoms with E-state index in [0.29, 0.717) is 23.4 Å². The molecule has 0 aliphatic carbocycles. The van der Waals surface area contributed by atoms with Crippen LogP contribution in [0.3, 0.4) is 0 Å². The van der Waals surface area contributed by atoms with Crippen LogP contribution in [-0.2, 0) is 32.1 Å². The molecule has 1 heterocycles. The first-order chi connectivity index (χ1) is 19.3. The summed E-state index contributed by atoms with van der Waals surface area (Å²) in [5, 5.41) is 26.1. The van der Waals surface area contributed by atoms with E-state index in [0.717, 1.165) is 64.7 Å². The van der Waals surface area contributed by atoms with Crippen molar-refractivity contribution in [2.24, 2.45) is 0 Å². The topological polar surface area (TPSA) is 137 Å². The number of nitrogens with one attached hydrogen (secondary N) is 2. The van der Waals surface area contributed by atoms with Gasteiger partial charge in [-0.25, -0.2) is 9.69 Å². The lowest BCUT2D eigenvalue weighted by atomic mass is 10.1. The van der Waals surface area contributed by atoms with E-state index in [4.69, 9.17) is 9.47 Å². The minimum Gasteiger partial charge on any atom is -0.508 e. The van der Waals surface area contributed by atoms with E-state index in [9.17, 15) is 24.6 Å². The molecule has 2 aromatic carbocycles. The number of esters is 1. The fourth-order valence-corrected chi connectivity index (χ4v) is 4.40. The third kappa shape index (κ3) is 10.3. The Morgan fingerprint density at radius 1 is 1.02 bits per heavy atom. The number of anilines is 1. The first kappa shape index (κ1) is 31.1. The first-order valence-electron chi connectivity index (χ1n) is 14.0. The number of phenolic OH excluding ortho intramolecular Hbond substituents is 1. The number of hydrogen-bond donors (Lipinski definition) is 4. The van der Waals surface area contributed by atoms with Gasteiger partial charge in [-0.1, -0.05) is 31.0 Å². The predicted octanol–water partition coefficient (Wildman–Crippen LogP) is 3.73. The van der Waals surface area contributed by atoms with E-state index in [-0.39, 0.29) is 30.8 Å². The summed E-state index contributed by atoms with van der Waals surface area (Å²) in [6.07, 6.45) is 6.40. The zero-order valence-corrected chi connectivity index (χ0v) is 23.2. The molecule has 40 heavy (non-hydrogen) atoms. The molecule has 0 aromatic heterocycles. The van der Waals surface area contributed by atoms with Gasteiger partial charge in [-0.05, 0) is 74.0 Å². The minimum absolute atomic E-state index is 0.0274. The lowest BCUT2D eigenvalue weighted by Gasteiger charge is -2.14. The van der Waals surface area contributed by atoms with Crippen molar-refractivity contribution >= 4 is 23.6 Å². The number of ether oxygens (including phenoxy) is 2. The maximum Gasteiger partial charge on any atom is 0.329 e. The number of imide groups is 1. The van der Waals surface area contributed by atoms with Crippen LogP contribution in [0.5, 0.6) is 5.75 Å². The minimum atomic E-state index is -0.715. The van der Waals surface area contributed by atoms with E-state index in [1.165, 1.54) is 23.5 Å². The number of aliphatic hydroxyl groups excluding tert-OH is 1. The molecule has 10 nitrogen and oxygen atoms in total. The molecule has 218 valence electrons. The molecule has 1 aliphatic heterocycles. The molecule has 0 unspecified atom stereocenters. The largest absolute Gasteiger partial charge is 0.508 e. The third-order valence-electron chi connectivity index (χ3n) is 6.69. The average Bonchev–Trinajstić information content (AvgIpc) is 3.28. The van der Waals surface area contributed by atoms with Crippen molar-refractivity contribution in [3.05, 3.63) is 59.2 Å². The molecule has 0 radical (unpaired) electrons. The normalized spacial score (nSPS) is 13.9. The Morgan fingerprint density at radius 3 is 2.45 bits per heavy atom. The zero-order chi connectivity index (χ0) is 28.7. The highest BCUT2D eigenvalue weighted by Gasteiger charge is 2.29. The van der Waals surface area contributed by atoms with Gasteiger partial charge < -0.3 is 30.3 Å². The van der Waals surface area contributed by atoms with Crippen LogP contribution < -0.4 is 15.5 Å². The van der Waals surface area contributed by atoms with E-state index < -0.39 is 12.1 Å². The van der Waals surface area contributed by atoms with Crippen LogP contribution in [0.2, 0.25) is 0 Å². The highest BCUT2D eigenvalue weighted by molar-refractivity contribution is 6.19. The number of carbonyl (C=O) groups is 3. The standard InChI is InChI=1S/C30H41N3O7/c1-22(34)40-21-25-18-24(11-14-27(25)35)28(36)19-31-15-5-2-3-6-16-39-17-7-4-8-23-9-12-26(13-10-23)33-29(37)20-32-30(33)38/h9-14,18,28,31,35-36H,2-8,15-17,19-21H2,1H3,(H,32,38)/t28-/m0/s1. The molecule has 10 heteroatoms. The molecule has 3 amide bonds. The highest BCUT2D eigenvalue weighted by Crippen LogP contribution is 2.23. The molecule has 2 aromatic rings. The number of aryl methyl sites for hydroxylation is 1. The van der Waals surface area contributed by atoms with Gasteiger partial charge >= 0.3 is 12.0 Å². The van der Waals surface area contributed by atoms with E-state index in [2.05, 4.69) is 10.6 Å². The van der Waals surface area contributed by atoms with Crippen molar-refractivity contribution < 1.29 is 34.1 Å². The van der Waals surface area contributed by atoms with Crippen LogP contribution in [0.25, 0.3) is 0 Å². The molecule has 1 aliphatic rings. The Hall–Kier alpha value is -3.47. The van der Waals surface area contributed by atoms with Gasteiger partial charge in [0, 0.05) is 32.2 Å². The number of carbonyl (C=O) groups excluding carboxylic acids is 3. The second-order valence-electron chi connectivity index (χ2n) is 9.93. The van der Waals surface area contributed by atoms with Crippen molar-refractivity contribution in [3.8, 4) is 5.75 Å². The van der Waals surface area contributed by atoms with E-state index in [1.54, 1.807) is 12.1 Å². The summed E-state index contributed by atoms with van der Waals surface area (Å²) in [7, 11) is 0. The number of benzene rings is 2. The molecule has 0 saturated carbocycles. The fourth-order valence-electron chi connectivity index (χ4n) is 4.40. The number of phenols is 1. The Morgan fingerprint density at radius 2 is 1.75 bits per heavy atom. The summed E-state index contributed by atoms with van der Waals surface area (Å²) < 4.78 is 10.7. The molecule has 0 bridgehead atoms. The van der Waals surface area contributed by atoms with Crippen molar-refractivity contribution in [3.63, 3.8) is 0 Å². The van der Waals surface area contributed by atoms with Gasteiger partial charge in [0.1, 0.15) is 12.4 Å². The van der Waals surface area contributed by atoms with Crippen molar-refractivity contribution in [1.82, 2.24) is 10.6 Å². The number of unbranched alkanes of at least 4 members (excludes halogenated alkanes) is 4. The number of aromatic hydroxyl groups is 1. The number of aliphatic hydroxyl groups is 1. The average molecular weight is 556 g/mol. The summed E-state index contributed by atoms with van der Waals surface area (Å²) in [6, 6.07) is 12.0. The van der Waals surface area contributed by atoms with Crippen LogP contribution in [0.4, 0.5) is 10.5 Å². The van der Waals surface area contributed by atoms with Crippen LogP contribution in [0.1, 0.15) is 68.2 Å². The quantitative estimate of drug-likeness (QED) is 0.124. The van der Waals surface area contributed by atoms with E-state index >= 15 is 0 Å². The van der Waals surface area contributed by atoms with Crippen molar-refractivity contribution in [2.45, 2.75) is 64.6 Å². The maximum absolute atomic E-state index is 11.8. The highest BCUT2D eigenvalue weighted by atomic mass is 16.5. The van der Waals surface area contributed by atoms with Crippen LogP contribution in [0, 0.1) is 0 Å². The second-order valence-corrected chi connectivity index (χ2v) is 9.93. The van der Waals surface area contributed by atoms with Gasteiger partial charge in [-0.2, -0.15) is 0 Å². The molecule has 4 N–H and O–H groups in total. The van der Waals surface area contributed by atoms with Crippen LogP contribution in [-0.4, -0.2) is 61.0 Å². The molecular weight excluding hydrogens is 514 g/mol. The molecule has 1 atom stereocenters. The summed E-state index contributed by atoms with van der Waals surface area (Å²) in [5.41, 5.74) is 2.90. The zero-order valence-electron chi connectivity index (χ0n) is 23.2. The summed E-state index contributed by atoms with van der Waals surface area (Å²) >= 11 is 0. The Labute approximate surface area is 235 Å². The smallest absolute Gasteiger partial charge is 0.329 e. The number of amides is 3. The third-order valence-corrected chi connectivity index (χ3v) is 6.69. The van der Waals surface area contributed by atoms with Gasteiger partial charge in [0.15, 0.2) is 0 Å². The first-order valence-corrected chi connectivity index (χ1v) is 14.0. The molecular formula is C30H41N3O7. The Balaban J connectivity index is 1.15. The number of hydrogen-bond acceptors (Lipinski definition) is 8. The monoisotopic (exact) mass is 555 g/mol. The van der Waals surface area contributed by atoms with Gasteiger partial charge in [0.25, 0.3) is 5.91 Å². The number of urea groups is 1. The number of nitrogens with zero attached hydrogens (tertiary/aromatic N) is 1. The number of rotatable bonds is 18. The van der Waals surface area contributed by atoms with Gasteiger partial charge in [0.05, 0.1) is 18.3 Å². The Bertz CT molecular complexity index is 1090. The van der Waals surface area contributed by atoms with Crippen LogP contribution in [0.15, 0.2) is 42.5 Å². The SMILES string of the molecule is CC(=O)OCc1cc([C@@H](O)CNCCCCCCOCCCCc2ccc(N3C(=O)CNC3=O)cc2)ccc1O. The fraction of sp³-hybridized carbons (Fsp3) is 0.500. The molecule has 1 saturated heterocycles. The van der Waals surface area contributed by atoms with E-state index in [1.807, 2.05) is 24.3 Å². The van der Waals surface area contributed by atoms with Crippen LogP contribution >= 0.6 is 0 Å². The molecule has 1 fully saturated rings. The van der Waals surface area contributed by atoms with Gasteiger partial charge in [0.2, 0.25) is 0 Å². The van der Waals surface area contributed by atoms with Gasteiger partial charge in [-0.3, -0.25) is 9.59 Å². The molecule has 3 rings (SSSR count). The predicted molar refractivity (Wildman–Crippen MR) is 151 cm³/mol. The molecule has 0 spiro atoms. The summed E-state index contributed by atoms with van der Waals surface area (Å²) in [5.74, 6) is -0.625. The maximum atomic E-state index is 11.8. The summed E-state index contributed by atoms with van der Waals surface area (Å²) in [4.78, 5) is 35.7. The van der Waals surface area contributed by atoms with Crippen molar-refractivity contribution in [1.29, 1.82) is 0 Å². The van der Waals surface area contributed by atoms with Crippen molar-refractivity contribution in [2.75, 3.05) is 37.7 Å². The second kappa shape index (κ2) is 16.6. The lowest BCUT2D eigenvalue weighted by molar-refractivity contribution is -0.142. The lowest BCUT2D eigenvalue weighted by Crippen LogP contribution is -2.30.